The van der Waals surface area contributed by atoms with Crippen LogP contribution in [-0.2, 0) is 4.74 Å². The van der Waals surface area contributed by atoms with E-state index in [1.807, 2.05) is 67.6 Å². The summed E-state index contributed by atoms with van der Waals surface area (Å²) in [4.78, 5) is 19.9. The van der Waals surface area contributed by atoms with Gasteiger partial charge in [-0.2, -0.15) is 0 Å². The van der Waals surface area contributed by atoms with Crippen LogP contribution in [0.4, 0.5) is 21.9 Å². The van der Waals surface area contributed by atoms with Crippen LogP contribution in [0.2, 0.25) is 0 Å². The Hall–Kier alpha value is -4.10. The number of hydrogen-bond donors (Lipinski definition) is 2. The van der Waals surface area contributed by atoms with Gasteiger partial charge in [0.25, 0.3) is 0 Å². The molecule has 0 unspecified atom stereocenters. The van der Waals surface area contributed by atoms with Gasteiger partial charge in [0.2, 0.25) is 0 Å². The van der Waals surface area contributed by atoms with Gasteiger partial charge in [0.15, 0.2) is 0 Å². The summed E-state index contributed by atoms with van der Waals surface area (Å²) in [6.45, 7) is 5.53. The molecule has 35 heavy (non-hydrogen) atoms. The van der Waals surface area contributed by atoms with E-state index in [0.29, 0.717) is 31.2 Å². The first-order valence-corrected chi connectivity index (χ1v) is 11.8. The minimum absolute atomic E-state index is 0.310. The van der Waals surface area contributed by atoms with Gasteiger partial charge in [-0.3, -0.25) is 0 Å². The third-order valence-corrected chi connectivity index (χ3v) is 5.89. The van der Waals surface area contributed by atoms with Crippen molar-refractivity contribution in [2.75, 3.05) is 48.4 Å². The van der Waals surface area contributed by atoms with E-state index < -0.39 is 0 Å². The second-order valence-electron chi connectivity index (χ2n) is 8.26. The Morgan fingerprint density at radius 3 is 2.40 bits per heavy atom. The van der Waals surface area contributed by atoms with Crippen molar-refractivity contribution in [3.05, 3.63) is 78.9 Å². The predicted molar refractivity (Wildman–Crippen MR) is 140 cm³/mol. The molecule has 2 N–H and O–H groups in total. The molecule has 2 amide bonds. The van der Waals surface area contributed by atoms with Gasteiger partial charge >= 0.3 is 6.03 Å². The van der Waals surface area contributed by atoms with Crippen molar-refractivity contribution in [3.63, 3.8) is 0 Å². The molecule has 0 saturated carbocycles. The number of ether oxygens (including phenoxy) is 2. The number of amides is 2. The summed E-state index contributed by atoms with van der Waals surface area (Å²) in [5, 5.41) is 6.81. The molecule has 4 aromatic rings. The van der Waals surface area contributed by atoms with Gasteiger partial charge in [-0.1, -0.05) is 30.3 Å². The summed E-state index contributed by atoms with van der Waals surface area (Å²) in [6.07, 6.45) is 0. The number of anilines is 3. The lowest BCUT2D eigenvalue weighted by Crippen LogP contribution is -2.36. The number of morpholine rings is 1. The van der Waals surface area contributed by atoms with Crippen LogP contribution in [0.5, 0.6) is 5.75 Å². The number of urea groups is 1. The Bertz CT molecular complexity index is 1300. The van der Waals surface area contributed by atoms with Gasteiger partial charge in [0, 0.05) is 41.1 Å². The molecular formula is C28H28N4O3. The lowest BCUT2D eigenvalue weighted by atomic mass is 10.1. The lowest BCUT2D eigenvalue weighted by molar-refractivity contribution is 0.123. The molecular weight excluding hydrogens is 440 g/mol. The third-order valence-electron chi connectivity index (χ3n) is 5.89. The van der Waals surface area contributed by atoms with Crippen molar-refractivity contribution >= 4 is 34.0 Å². The monoisotopic (exact) mass is 468 g/mol. The summed E-state index contributed by atoms with van der Waals surface area (Å²) in [5.74, 6) is 0.769. The van der Waals surface area contributed by atoms with E-state index in [9.17, 15) is 4.79 Å². The number of rotatable bonds is 6. The fourth-order valence-corrected chi connectivity index (χ4v) is 4.20. The van der Waals surface area contributed by atoms with E-state index in [0.717, 1.165) is 46.7 Å². The molecule has 1 saturated heterocycles. The van der Waals surface area contributed by atoms with Gasteiger partial charge in [-0.25, -0.2) is 9.78 Å². The topological polar surface area (TPSA) is 75.7 Å². The Morgan fingerprint density at radius 2 is 1.66 bits per heavy atom. The Labute approximate surface area is 204 Å². The zero-order valence-electron chi connectivity index (χ0n) is 19.7. The average Bonchev–Trinajstić information content (AvgIpc) is 2.90. The van der Waals surface area contributed by atoms with Crippen molar-refractivity contribution < 1.29 is 14.3 Å². The fourth-order valence-electron chi connectivity index (χ4n) is 4.20. The summed E-state index contributed by atoms with van der Waals surface area (Å²) in [6, 6.07) is 25.1. The number of pyridine rings is 1. The summed E-state index contributed by atoms with van der Waals surface area (Å²) in [7, 11) is 0. The second-order valence-corrected chi connectivity index (χ2v) is 8.26. The SMILES string of the molecule is CCOc1ccc(NC(=O)Nc2ccc3nc(-c4ccccc4)cc(N4CCOCC4)c3c2)cc1. The Kier molecular flexibility index (Phi) is 6.77. The molecule has 1 aliphatic rings. The maximum atomic E-state index is 12.7. The third kappa shape index (κ3) is 5.36. The normalized spacial score (nSPS) is 13.5. The number of nitrogens with zero attached hydrogens (tertiary/aromatic N) is 2. The van der Waals surface area contributed by atoms with E-state index in [1.54, 1.807) is 0 Å². The maximum Gasteiger partial charge on any atom is 0.323 e. The van der Waals surface area contributed by atoms with E-state index in [-0.39, 0.29) is 6.03 Å². The molecule has 178 valence electrons. The van der Waals surface area contributed by atoms with Crippen LogP contribution in [-0.4, -0.2) is 43.9 Å². The molecule has 1 aliphatic heterocycles. The Morgan fingerprint density at radius 1 is 0.943 bits per heavy atom. The number of nitrogens with one attached hydrogen (secondary N) is 2. The summed E-state index contributed by atoms with van der Waals surface area (Å²) < 4.78 is 11.0. The van der Waals surface area contributed by atoms with Crippen LogP contribution in [0.25, 0.3) is 22.2 Å². The van der Waals surface area contributed by atoms with Crippen LogP contribution in [0.3, 0.4) is 0 Å². The van der Waals surface area contributed by atoms with Gasteiger partial charge in [-0.05, 0) is 55.5 Å². The molecule has 1 fully saturated rings. The van der Waals surface area contributed by atoms with Crippen LogP contribution in [0.1, 0.15) is 6.92 Å². The number of hydrogen-bond acceptors (Lipinski definition) is 5. The van der Waals surface area contributed by atoms with Crippen LogP contribution in [0, 0.1) is 0 Å². The molecule has 5 rings (SSSR count). The first-order valence-electron chi connectivity index (χ1n) is 11.8. The van der Waals surface area contributed by atoms with E-state index in [2.05, 4.69) is 33.7 Å². The zero-order chi connectivity index (χ0) is 24.0. The first kappa shape index (κ1) is 22.7. The van der Waals surface area contributed by atoms with Gasteiger partial charge in [0.1, 0.15) is 5.75 Å². The largest absolute Gasteiger partial charge is 0.494 e. The highest BCUT2D eigenvalue weighted by Crippen LogP contribution is 2.33. The summed E-state index contributed by atoms with van der Waals surface area (Å²) >= 11 is 0. The molecule has 0 radical (unpaired) electrons. The van der Waals surface area contributed by atoms with Crippen LogP contribution in [0.15, 0.2) is 78.9 Å². The molecule has 0 aliphatic carbocycles. The molecule has 3 aromatic carbocycles. The Balaban J connectivity index is 1.42. The molecule has 0 spiro atoms. The number of carbonyl (C=O) groups is 1. The second kappa shape index (κ2) is 10.4. The zero-order valence-corrected chi connectivity index (χ0v) is 19.7. The van der Waals surface area contributed by atoms with Crippen molar-refractivity contribution in [2.45, 2.75) is 6.92 Å². The minimum Gasteiger partial charge on any atom is -0.494 e. The minimum atomic E-state index is -0.310. The van der Waals surface area contributed by atoms with E-state index >= 15 is 0 Å². The predicted octanol–water partition coefficient (Wildman–Crippen LogP) is 5.78. The van der Waals surface area contributed by atoms with Crippen molar-refractivity contribution in [2.24, 2.45) is 0 Å². The number of benzene rings is 3. The van der Waals surface area contributed by atoms with E-state index in [1.165, 1.54) is 0 Å². The number of carbonyl (C=O) groups excluding carboxylic acids is 1. The quantitative estimate of drug-likeness (QED) is 0.375. The number of fused-ring (bicyclic) bond motifs is 1. The molecule has 0 atom stereocenters. The highest BCUT2D eigenvalue weighted by molar-refractivity contribution is 6.03. The van der Waals surface area contributed by atoms with Gasteiger partial charge in [0.05, 0.1) is 31.0 Å². The fraction of sp³-hybridized carbons (Fsp3) is 0.214. The molecule has 0 bridgehead atoms. The lowest BCUT2D eigenvalue weighted by Gasteiger charge is -2.30. The van der Waals surface area contributed by atoms with Gasteiger partial charge < -0.3 is 25.0 Å². The summed E-state index contributed by atoms with van der Waals surface area (Å²) in [5.41, 5.74) is 5.35. The van der Waals surface area contributed by atoms with Gasteiger partial charge in [-0.15, -0.1) is 0 Å². The van der Waals surface area contributed by atoms with Crippen molar-refractivity contribution in [1.29, 1.82) is 0 Å². The van der Waals surface area contributed by atoms with Crippen LogP contribution < -0.4 is 20.3 Å². The molecule has 2 heterocycles. The molecule has 7 nitrogen and oxygen atoms in total. The average molecular weight is 469 g/mol. The highest BCUT2D eigenvalue weighted by atomic mass is 16.5. The van der Waals surface area contributed by atoms with Crippen LogP contribution >= 0.6 is 0 Å². The molecule has 1 aromatic heterocycles. The standard InChI is InChI=1S/C28H28N4O3/c1-2-35-23-11-8-21(9-12-23)29-28(33)30-22-10-13-25-24(18-22)27(32-14-16-34-17-15-32)19-26(31-25)20-6-4-3-5-7-20/h3-13,18-19H,2,14-17H2,1H3,(H2,29,30,33). The number of aromatic nitrogens is 1. The first-order chi connectivity index (χ1) is 17.2. The van der Waals surface area contributed by atoms with Crippen molar-refractivity contribution in [1.82, 2.24) is 4.98 Å². The van der Waals surface area contributed by atoms with E-state index in [4.69, 9.17) is 14.5 Å². The smallest absolute Gasteiger partial charge is 0.323 e. The molecule has 7 heteroatoms. The highest BCUT2D eigenvalue weighted by Gasteiger charge is 2.17. The maximum absolute atomic E-state index is 12.7. The van der Waals surface area contributed by atoms with Crippen molar-refractivity contribution in [3.8, 4) is 17.0 Å².